The minimum Gasteiger partial charge on any atom is -0.497 e. The molecule has 2 aromatic carbocycles. The number of halogens is 2. The maximum Gasteiger partial charge on any atom is 0.187 e. The second-order valence-corrected chi connectivity index (χ2v) is 9.34. The Hall–Kier alpha value is -1.70. The second kappa shape index (κ2) is 10.3. The first-order valence-corrected chi connectivity index (χ1v) is 11.8. The van der Waals surface area contributed by atoms with Gasteiger partial charge in [0.25, 0.3) is 0 Å². The number of methoxy groups -OCH3 is 1. The van der Waals surface area contributed by atoms with Gasteiger partial charge in [0.05, 0.1) is 37.7 Å². The zero-order chi connectivity index (χ0) is 21.7. The summed E-state index contributed by atoms with van der Waals surface area (Å²) in [6, 6.07) is 13.7. The normalized spacial score (nSPS) is 20.8. The fraction of sp³-hybridized carbons (Fsp3) is 0.348. The lowest BCUT2D eigenvalue weighted by Gasteiger charge is -2.28. The first-order valence-electron chi connectivity index (χ1n) is 10.0. The fourth-order valence-electron chi connectivity index (χ4n) is 3.55. The number of ether oxygens (including phenoxy) is 3. The molecule has 2 unspecified atom stereocenters. The maximum absolute atomic E-state index is 6.49. The minimum absolute atomic E-state index is 0.0314. The molecule has 1 saturated heterocycles. The van der Waals surface area contributed by atoms with Crippen LogP contribution in [-0.2, 0) is 22.4 Å². The summed E-state index contributed by atoms with van der Waals surface area (Å²) in [5.74, 6) is 0.897. The molecule has 0 bridgehead atoms. The molecule has 31 heavy (non-hydrogen) atoms. The van der Waals surface area contributed by atoms with Crippen molar-refractivity contribution in [3.05, 3.63) is 76.8 Å². The lowest BCUT2D eigenvalue weighted by atomic mass is 10.0. The molecule has 0 saturated carbocycles. The van der Waals surface area contributed by atoms with Gasteiger partial charge in [-0.1, -0.05) is 35.3 Å². The molecule has 1 fully saturated rings. The van der Waals surface area contributed by atoms with Crippen molar-refractivity contribution in [3.63, 3.8) is 0 Å². The van der Waals surface area contributed by atoms with Crippen molar-refractivity contribution in [2.45, 2.75) is 36.2 Å². The van der Waals surface area contributed by atoms with E-state index in [-0.39, 0.29) is 6.10 Å². The number of hydrogen-bond acceptors (Lipinski definition) is 5. The van der Waals surface area contributed by atoms with Crippen LogP contribution in [0.1, 0.15) is 12.0 Å². The third-order valence-corrected chi connectivity index (χ3v) is 7.03. The quantitative estimate of drug-likeness (QED) is 0.367. The van der Waals surface area contributed by atoms with Gasteiger partial charge in [0.2, 0.25) is 0 Å². The molecular formula is C23H24Cl2N2O3S. The average Bonchev–Trinajstić information content (AvgIpc) is 3.43. The summed E-state index contributed by atoms with van der Waals surface area (Å²) in [5, 5.41) is 1.29. The van der Waals surface area contributed by atoms with Crippen LogP contribution in [0.2, 0.25) is 10.0 Å². The standard InChI is InChI=1S/C23H24Cl2N2O3S/c1-28-19-5-2-17(3-6-19)8-9-23(15-27-11-10-26-16-27)29-13-20(30-23)14-31-22-7-4-18(24)12-21(22)25/h2-7,10-12,16,20H,8-9,13-15H2,1H3. The van der Waals surface area contributed by atoms with Crippen molar-refractivity contribution in [2.75, 3.05) is 19.5 Å². The van der Waals surface area contributed by atoms with Crippen molar-refractivity contribution < 1.29 is 14.2 Å². The number of thioether (sulfide) groups is 1. The van der Waals surface area contributed by atoms with E-state index in [1.54, 1.807) is 37.5 Å². The van der Waals surface area contributed by atoms with E-state index < -0.39 is 5.79 Å². The summed E-state index contributed by atoms with van der Waals surface area (Å²) in [5.41, 5.74) is 1.21. The highest BCUT2D eigenvalue weighted by Gasteiger charge is 2.41. The Kier molecular flexibility index (Phi) is 7.46. The number of benzene rings is 2. The highest BCUT2D eigenvalue weighted by Crippen LogP contribution is 2.35. The number of aromatic nitrogens is 2. The van der Waals surface area contributed by atoms with Crippen LogP contribution in [0.15, 0.2) is 66.1 Å². The van der Waals surface area contributed by atoms with Crippen LogP contribution >= 0.6 is 35.0 Å². The van der Waals surface area contributed by atoms with E-state index in [1.165, 1.54) is 5.56 Å². The van der Waals surface area contributed by atoms with Gasteiger partial charge in [-0.3, -0.25) is 0 Å². The third kappa shape index (κ3) is 5.96. The zero-order valence-electron chi connectivity index (χ0n) is 17.2. The van der Waals surface area contributed by atoms with E-state index in [9.17, 15) is 0 Å². The molecule has 8 heteroatoms. The Morgan fingerprint density at radius 1 is 1.23 bits per heavy atom. The van der Waals surface area contributed by atoms with Crippen LogP contribution in [0.4, 0.5) is 0 Å². The van der Waals surface area contributed by atoms with Crippen molar-refractivity contribution in [1.82, 2.24) is 9.55 Å². The highest BCUT2D eigenvalue weighted by molar-refractivity contribution is 7.99. The lowest BCUT2D eigenvalue weighted by molar-refractivity contribution is -0.180. The van der Waals surface area contributed by atoms with E-state index in [0.717, 1.165) is 29.2 Å². The van der Waals surface area contributed by atoms with Gasteiger partial charge < -0.3 is 18.8 Å². The Bertz CT molecular complexity index is 985. The monoisotopic (exact) mass is 478 g/mol. The molecule has 1 aliphatic rings. The van der Waals surface area contributed by atoms with Crippen LogP contribution < -0.4 is 4.74 Å². The van der Waals surface area contributed by atoms with Crippen LogP contribution in [0.3, 0.4) is 0 Å². The van der Waals surface area contributed by atoms with Crippen LogP contribution in [0, 0.1) is 0 Å². The van der Waals surface area contributed by atoms with E-state index in [1.807, 2.05) is 35.0 Å². The van der Waals surface area contributed by atoms with Gasteiger partial charge in [0.15, 0.2) is 5.79 Å². The van der Waals surface area contributed by atoms with Gasteiger partial charge >= 0.3 is 0 Å². The summed E-state index contributed by atoms with van der Waals surface area (Å²) in [6.45, 7) is 1.13. The summed E-state index contributed by atoms with van der Waals surface area (Å²) >= 11 is 14.0. The Morgan fingerprint density at radius 3 is 2.77 bits per heavy atom. The van der Waals surface area contributed by atoms with Gasteiger partial charge in [0, 0.05) is 34.5 Å². The number of rotatable bonds is 9. The average molecular weight is 479 g/mol. The summed E-state index contributed by atoms with van der Waals surface area (Å²) in [4.78, 5) is 5.14. The van der Waals surface area contributed by atoms with Crippen molar-refractivity contribution in [2.24, 2.45) is 0 Å². The molecule has 0 radical (unpaired) electrons. The van der Waals surface area contributed by atoms with Gasteiger partial charge in [-0.2, -0.15) is 0 Å². The molecule has 164 valence electrons. The topological polar surface area (TPSA) is 45.5 Å². The summed E-state index contributed by atoms with van der Waals surface area (Å²) < 4.78 is 20.0. The molecule has 0 spiro atoms. The third-order valence-electron chi connectivity index (χ3n) is 5.17. The van der Waals surface area contributed by atoms with Crippen molar-refractivity contribution in [3.8, 4) is 5.75 Å². The predicted molar refractivity (Wildman–Crippen MR) is 124 cm³/mol. The zero-order valence-corrected chi connectivity index (χ0v) is 19.5. The smallest absolute Gasteiger partial charge is 0.187 e. The first-order chi connectivity index (χ1) is 15.0. The van der Waals surface area contributed by atoms with Gasteiger partial charge in [-0.25, -0.2) is 4.98 Å². The highest BCUT2D eigenvalue weighted by atomic mass is 35.5. The summed E-state index contributed by atoms with van der Waals surface area (Å²) in [6.07, 6.45) is 7.02. The van der Waals surface area contributed by atoms with Gasteiger partial charge in [0.1, 0.15) is 5.75 Å². The molecular weight excluding hydrogens is 455 g/mol. The Balaban J connectivity index is 1.41. The SMILES string of the molecule is COc1ccc(CCC2(Cn3ccnc3)OCC(CSc3ccc(Cl)cc3Cl)O2)cc1. The van der Waals surface area contributed by atoms with Crippen LogP contribution in [0.25, 0.3) is 0 Å². The summed E-state index contributed by atoms with van der Waals surface area (Å²) in [7, 11) is 1.67. The van der Waals surface area contributed by atoms with E-state index in [0.29, 0.717) is 23.2 Å². The second-order valence-electron chi connectivity index (χ2n) is 7.43. The van der Waals surface area contributed by atoms with Gasteiger partial charge in [-0.15, -0.1) is 11.8 Å². The van der Waals surface area contributed by atoms with E-state index >= 15 is 0 Å². The lowest BCUT2D eigenvalue weighted by Crippen LogP contribution is -2.37. The van der Waals surface area contributed by atoms with Crippen LogP contribution in [0.5, 0.6) is 5.75 Å². The molecule has 5 nitrogen and oxygen atoms in total. The first kappa shape index (κ1) is 22.5. The fourth-order valence-corrected chi connectivity index (χ4v) is 5.02. The van der Waals surface area contributed by atoms with E-state index in [2.05, 4.69) is 17.1 Å². The molecule has 0 amide bonds. The predicted octanol–water partition coefficient (Wildman–Crippen LogP) is 5.74. The number of aryl methyl sites for hydroxylation is 1. The molecule has 2 heterocycles. The van der Waals surface area contributed by atoms with Crippen molar-refractivity contribution >= 4 is 35.0 Å². The molecule has 2 atom stereocenters. The maximum atomic E-state index is 6.49. The molecule has 4 rings (SSSR count). The largest absolute Gasteiger partial charge is 0.497 e. The molecule has 3 aromatic rings. The Labute approximate surface area is 196 Å². The Morgan fingerprint density at radius 2 is 2.06 bits per heavy atom. The van der Waals surface area contributed by atoms with Crippen LogP contribution in [-0.4, -0.2) is 40.9 Å². The van der Waals surface area contributed by atoms with Crippen molar-refractivity contribution in [1.29, 1.82) is 0 Å². The van der Waals surface area contributed by atoms with Gasteiger partial charge in [-0.05, 0) is 42.3 Å². The number of nitrogens with zero attached hydrogens (tertiary/aromatic N) is 2. The molecule has 0 N–H and O–H groups in total. The molecule has 1 aromatic heterocycles. The number of hydrogen-bond donors (Lipinski definition) is 0. The minimum atomic E-state index is -0.699. The molecule has 1 aliphatic heterocycles. The van der Waals surface area contributed by atoms with E-state index in [4.69, 9.17) is 37.4 Å². The molecule has 0 aliphatic carbocycles. The number of imidazole rings is 1.